The van der Waals surface area contributed by atoms with Crippen LogP contribution in [-0.4, -0.2) is 11.7 Å². The van der Waals surface area contributed by atoms with Gasteiger partial charge in [0.05, 0.1) is 0 Å². The molecule has 14 heavy (non-hydrogen) atoms. The summed E-state index contributed by atoms with van der Waals surface area (Å²) >= 11 is 0. The summed E-state index contributed by atoms with van der Waals surface area (Å²) in [5.41, 5.74) is 6.73. The number of phenolic OH excluding ortho intramolecular Hbond substituents is 1. The van der Waals surface area contributed by atoms with Crippen LogP contribution < -0.4 is 5.73 Å². The fourth-order valence-corrected chi connectivity index (χ4v) is 1.60. The van der Waals surface area contributed by atoms with Crippen molar-refractivity contribution in [1.29, 1.82) is 0 Å². The number of hydrogen-bond donors (Lipinski definition) is 2. The van der Waals surface area contributed by atoms with Gasteiger partial charge in [0.15, 0.2) is 0 Å². The van der Waals surface area contributed by atoms with Gasteiger partial charge in [-0.25, -0.2) is 0 Å². The summed E-state index contributed by atoms with van der Waals surface area (Å²) in [5, 5.41) is 11.5. The fourth-order valence-electron chi connectivity index (χ4n) is 1.60. The van der Waals surface area contributed by atoms with E-state index in [4.69, 9.17) is 5.73 Å². The summed E-state index contributed by atoms with van der Waals surface area (Å²) in [6.07, 6.45) is 0.900. The Labute approximate surface area is 83.0 Å². The lowest BCUT2D eigenvalue weighted by Gasteiger charge is -2.02. The van der Waals surface area contributed by atoms with Crippen LogP contribution in [0, 0.1) is 0 Å². The van der Waals surface area contributed by atoms with E-state index in [9.17, 15) is 5.11 Å². The van der Waals surface area contributed by atoms with E-state index in [0.717, 1.165) is 17.2 Å². The minimum absolute atomic E-state index is 0.309. The Bertz CT molecular complexity index is 451. The standard InChI is InChI=1S/C12H13NO/c13-6-5-9-1-2-11-8-12(14)4-3-10(11)7-9/h1-4,7-8,14H,5-6,13H2. The zero-order chi connectivity index (χ0) is 9.97. The Morgan fingerprint density at radius 1 is 1.00 bits per heavy atom. The molecule has 2 aromatic carbocycles. The van der Waals surface area contributed by atoms with Crippen LogP contribution in [0.15, 0.2) is 36.4 Å². The van der Waals surface area contributed by atoms with Crippen LogP contribution in [0.2, 0.25) is 0 Å². The quantitative estimate of drug-likeness (QED) is 0.755. The van der Waals surface area contributed by atoms with E-state index in [1.807, 2.05) is 12.1 Å². The molecule has 0 aliphatic heterocycles. The third-order valence-electron chi connectivity index (χ3n) is 2.32. The number of benzene rings is 2. The molecule has 2 rings (SSSR count). The number of aromatic hydroxyl groups is 1. The number of fused-ring (bicyclic) bond motifs is 1. The molecule has 72 valence electrons. The van der Waals surface area contributed by atoms with E-state index in [1.54, 1.807) is 12.1 Å². The predicted octanol–water partition coefficient (Wildman–Crippen LogP) is 2.05. The van der Waals surface area contributed by atoms with Crippen LogP contribution in [0.5, 0.6) is 5.75 Å². The van der Waals surface area contributed by atoms with Crippen molar-refractivity contribution >= 4 is 10.8 Å². The number of phenols is 1. The molecule has 3 N–H and O–H groups in total. The summed E-state index contributed by atoms with van der Waals surface area (Å²) in [7, 11) is 0. The molecule has 2 heteroatoms. The summed E-state index contributed by atoms with van der Waals surface area (Å²) in [4.78, 5) is 0. The second-order valence-corrected chi connectivity index (χ2v) is 3.40. The predicted molar refractivity (Wildman–Crippen MR) is 58.4 cm³/mol. The molecule has 2 nitrogen and oxygen atoms in total. The van der Waals surface area contributed by atoms with Gasteiger partial charge in [0.2, 0.25) is 0 Å². The highest BCUT2D eigenvalue weighted by atomic mass is 16.3. The van der Waals surface area contributed by atoms with Crippen molar-refractivity contribution in [3.05, 3.63) is 42.0 Å². The molecular formula is C12H13NO. The second kappa shape index (κ2) is 3.68. The van der Waals surface area contributed by atoms with E-state index in [0.29, 0.717) is 12.3 Å². The molecule has 0 heterocycles. The molecule has 0 radical (unpaired) electrons. The van der Waals surface area contributed by atoms with E-state index >= 15 is 0 Å². The average Bonchev–Trinajstić information content (AvgIpc) is 2.19. The van der Waals surface area contributed by atoms with Crippen LogP contribution in [0.4, 0.5) is 0 Å². The highest BCUT2D eigenvalue weighted by Crippen LogP contribution is 2.20. The Balaban J connectivity index is 2.50. The van der Waals surface area contributed by atoms with Crippen LogP contribution >= 0.6 is 0 Å². The van der Waals surface area contributed by atoms with Crippen molar-refractivity contribution in [2.45, 2.75) is 6.42 Å². The lowest BCUT2D eigenvalue weighted by atomic mass is 10.1. The molecule has 0 unspecified atom stereocenters. The van der Waals surface area contributed by atoms with Crippen molar-refractivity contribution in [3.63, 3.8) is 0 Å². The summed E-state index contributed by atoms with van der Waals surface area (Å²) in [6.45, 7) is 0.670. The SMILES string of the molecule is NCCc1ccc2cc(O)ccc2c1. The maximum absolute atomic E-state index is 9.28. The average molecular weight is 187 g/mol. The molecule has 0 amide bonds. The maximum Gasteiger partial charge on any atom is 0.116 e. The first kappa shape index (κ1) is 9.03. The van der Waals surface area contributed by atoms with Gasteiger partial charge in [0.1, 0.15) is 5.75 Å². The maximum atomic E-state index is 9.28. The van der Waals surface area contributed by atoms with Gasteiger partial charge in [-0.1, -0.05) is 24.3 Å². The zero-order valence-corrected chi connectivity index (χ0v) is 7.90. The van der Waals surface area contributed by atoms with Crippen LogP contribution in [0.25, 0.3) is 10.8 Å². The van der Waals surface area contributed by atoms with E-state index in [-0.39, 0.29) is 0 Å². The topological polar surface area (TPSA) is 46.2 Å². The van der Waals surface area contributed by atoms with Crippen molar-refractivity contribution in [2.24, 2.45) is 5.73 Å². The van der Waals surface area contributed by atoms with Gasteiger partial charge in [0.25, 0.3) is 0 Å². The Morgan fingerprint density at radius 2 is 1.71 bits per heavy atom. The van der Waals surface area contributed by atoms with Gasteiger partial charge in [-0.05, 0) is 41.4 Å². The molecule has 0 saturated carbocycles. The van der Waals surface area contributed by atoms with Gasteiger partial charge >= 0.3 is 0 Å². The molecule has 0 aliphatic carbocycles. The molecule has 0 bridgehead atoms. The molecule has 0 spiro atoms. The lowest BCUT2D eigenvalue weighted by Crippen LogP contribution is -2.02. The zero-order valence-electron chi connectivity index (χ0n) is 7.90. The third kappa shape index (κ3) is 1.70. The lowest BCUT2D eigenvalue weighted by molar-refractivity contribution is 0.476. The Kier molecular flexibility index (Phi) is 2.37. The van der Waals surface area contributed by atoms with Gasteiger partial charge in [-0.3, -0.25) is 0 Å². The highest BCUT2D eigenvalue weighted by molar-refractivity contribution is 5.84. The first-order valence-electron chi connectivity index (χ1n) is 4.71. The number of rotatable bonds is 2. The molecule has 0 fully saturated rings. The minimum Gasteiger partial charge on any atom is -0.508 e. The third-order valence-corrected chi connectivity index (χ3v) is 2.32. The van der Waals surface area contributed by atoms with Gasteiger partial charge in [-0.2, -0.15) is 0 Å². The Hall–Kier alpha value is -1.54. The number of hydrogen-bond acceptors (Lipinski definition) is 2. The molecular weight excluding hydrogens is 174 g/mol. The van der Waals surface area contributed by atoms with E-state index < -0.39 is 0 Å². The van der Waals surface area contributed by atoms with Crippen molar-refractivity contribution in [1.82, 2.24) is 0 Å². The molecule has 0 aromatic heterocycles. The minimum atomic E-state index is 0.309. The highest BCUT2D eigenvalue weighted by Gasteiger charge is 1.96. The van der Waals surface area contributed by atoms with Crippen LogP contribution in [0.3, 0.4) is 0 Å². The molecule has 2 aromatic rings. The molecule has 0 aliphatic rings. The van der Waals surface area contributed by atoms with Crippen molar-refractivity contribution < 1.29 is 5.11 Å². The number of nitrogens with two attached hydrogens (primary N) is 1. The first-order valence-corrected chi connectivity index (χ1v) is 4.71. The smallest absolute Gasteiger partial charge is 0.116 e. The summed E-state index contributed by atoms with van der Waals surface area (Å²) in [5.74, 6) is 0.309. The van der Waals surface area contributed by atoms with Gasteiger partial charge in [-0.15, -0.1) is 0 Å². The van der Waals surface area contributed by atoms with Gasteiger partial charge in [0, 0.05) is 0 Å². The molecule has 0 saturated heterocycles. The first-order chi connectivity index (χ1) is 6.79. The van der Waals surface area contributed by atoms with Crippen molar-refractivity contribution in [2.75, 3.05) is 6.54 Å². The Morgan fingerprint density at radius 3 is 2.50 bits per heavy atom. The summed E-state index contributed by atoms with van der Waals surface area (Å²) < 4.78 is 0. The van der Waals surface area contributed by atoms with Gasteiger partial charge < -0.3 is 10.8 Å². The molecule has 0 atom stereocenters. The normalized spacial score (nSPS) is 10.6. The second-order valence-electron chi connectivity index (χ2n) is 3.40. The van der Waals surface area contributed by atoms with Crippen LogP contribution in [0.1, 0.15) is 5.56 Å². The fraction of sp³-hybridized carbons (Fsp3) is 0.167. The van der Waals surface area contributed by atoms with E-state index in [1.165, 1.54) is 5.56 Å². The van der Waals surface area contributed by atoms with Crippen LogP contribution in [-0.2, 0) is 6.42 Å². The van der Waals surface area contributed by atoms with Crippen molar-refractivity contribution in [3.8, 4) is 5.75 Å². The van der Waals surface area contributed by atoms with E-state index in [2.05, 4.69) is 12.1 Å². The monoisotopic (exact) mass is 187 g/mol. The summed E-state index contributed by atoms with van der Waals surface area (Å²) in [6, 6.07) is 11.6. The largest absolute Gasteiger partial charge is 0.508 e.